The van der Waals surface area contributed by atoms with E-state index in [1.807, 2.05) is 0 Å². The Hall–Kier alpha value is -0.280. The highest BCUT2D eigenvalue weighted by atomic mass is 16.7. The molecule has 3 heterocycles. The van der Waals surface area contributed by atoms with Crippen molar-refractivity contribution in [2.75, 3.05) is 39.4 Å². The van der Waals surface area contributed by atoms with Gasteiger partial charge in [0.25, 0.3) is 0 Å². The number of hydrogen-bond acceptors (Lipinski definition) is 7. The second-order valence-electron chi connectivity index (χ2n) is 14.9. The van der Waals surface area contributed by atoms with E-state index in [0.29, 0.717) is 36.9 Å². The van der Waals surface area contributed by atoms with E-state index in [-0.39, 0.29) is 47.0 Å². The second-order valence-corrected chi connectivity index (χ2v) is 14.9. The normalized spacial score (nSPS) is 52.0. The van der Waals surface area contributed by atoms with E-state index >= 15 is 0 Å². The lowest BCUT2D eigenvalue weighted by Gasteiger charge is -2.62. The van der Waals surface area contributed by atoms with Gasteiger partial charge in [0.2, 0.25) is 0 Å². The van der Waals surface area contributed by atoms with Crippen LogP contribution in [0.4, 0.5) is 0 Å². The van der Waals surface area contributed by atoms with E-state index in [0.717, 1.165) is 77.5 Å². The van der Waals surface area contributed by atoms with Crippen molar-refractivity contribution < 1.29 is 24.8 Å². The molecule has 4 saturated carbocycles. The molecule has 7 rings (SSSR count). The zero-order valence-electron chi connectivity index (χ0n) is 23.8. The number of fused-ring (bicyclic) bond motifs is 5. The highest BCUT2D eigenvalue weighted by Crippen LogP contribution is 2.67. The number of aliphatic hydroxyl groups is 3. The molecule has 7 heteroatoms. The molecule has 0 amide bonds. The molecule has 4 aliphatic carbocycles. The van der Waals surface area contributed by atoms with Crippen LogP contribution in [0.3, 0.4) is 0 Å². The van der Waals surface area contributed by atoms with Crippen LogP contribution in [0.2, 0.25) is 0 Å². The number of aliphatic hydroxyl groups excluding tert-OH is 3. The SMILES string of the molecule is C[C@]12C[C@H](N3CCC4(CC3)OCCO4)[C@@H](O)C[C@@H]1CC[C@@H]1[C@@H]2CC[C@]2(C)[C@@H](O)[C@@H](N3CCC(O)CC3)C[C@@H]12. The average molecular weight is 533 g/mol. The zero-order chi connectivity index (χ0) is 26.3. The average Bonchev–Trinajstić information content (AvgIpc) is 3.47. The molecule has 3 saturated heterocycles. The van der Waals surface area contributed by atoms with Crippen LogP contribution >= 0.6 is 0 Å². The first kappa shape index (κ1) is 26.6. The molecule has 10 atom stereocenters. The van der Waals surface area contributed by atoms with E-state index in [2.05, 4.69) is 23.6 Å². The fourth-order valence-corrected chi connectivity index (χ4v) is 11.2. The van der Waals surface area contributed by atoms with E-state index in [1.165, 1.54) is 19.3 Å². The first-order valence-corrected chi connectivity index (χ1v) is 16.0. The number of ether oxygens (including phenoxy) is 2. The lowest BCUT2D eigenvalue weighted by molar-refractivity contribution is -0.200. The summed E-state index contributed by atoms with van der Waals surface area (Å²) in [6.07, 6.45) is 10.9. The van der Waals surface area contributed by atoms with Crippen molar-refractivity contribution in [3.8, 4) is 0 Å². The van der Waals surface area contributed by atoms with Crippen LogP contribution in [0, 0.1) is 34.5 Å². The van der Waals surface area contributed by atoms with Crippen LogP contribution in [-0.2, 0) is 9.47 Å². The molecular weight excluding hydrogens is 480 g/mol. The minimum Gasteiger partial charge on any atom is -0.393 e. The third-order valence-electron chi connectivity index (χ3n) is 13.5. The second kappa shape index (κ2) is 9.64. The molecule has 1 spiro atoms. The number of likely N-dealkylation sites (tertiary alicyclic amines) is 2. The Morgan fingerprint density at radius 1 is 0.684 bits per heavy atom. The quantitative estimate of drug-likeness (QED) is 0.504. The van der Waals surface area contributed by atoms with Gasteiger partial charge in [-0.3, -0.25) is 9.80 Å². The summed E-state index contributed by atoms with van der Waals surface area (Å²) in [5, 5.41) is 33.2. The molecular formula is C31H52N2O5. The largest absolute Gasteiger partial charge is 0.393 e. The monoisotopic (exact) mass is 532 g/mol. The highest BCUT2D eigenvalue weighted by Gasteiger charge is 2.64. The number of rotatable bonds is 2. The van der Waals surface area contributed by atoms with Crippen LogP contribution in [0.25, 0.3) is 0 Å². The van der Waals surface area contributed by atoms with Gasteiger partial charge in [0.05, 0.1) is 31.5 Å². The van der Waals surface area contributed by atoms with Crippen molar-refractivity contribution in [3.63, 3.8) is 0 Å². The van der Waals surface area contributed by atoms with Crippen molar-refractivity contribution in [3.05, 3.63) is 0 Å². The fourth-order valence-electron chi connectivity index (χ4n) is 11.2. The van der Waals surface area contributed by atoms with Gasteiger partial charge in [-0.25, -0.2) is 0 Å². The Labute approximate surface area is 229 Å². The first-order chi connectivity index (χ1) is 18.2. The molecule has 0 bridgehead atoms. The minimum atomic E-state index is -0.362. The fraction of sp³-hybridized carbons (Fsp3) is 1.00. The van der Waals surface area contributed by atoms with Gasteiger partial charge in [-0.15, -0.1) is 0 Å². The van der Waals surface area contributed by atoms with Crippen molar-refractivity contribution in [1.29, 1.82) is 0 Å². The Bertz CT molecular complexity index is 864. The van der Waals surface area contributed by atoms with Crippen LogP contribution < -0.4 is 0 Å². The summed E-state index contributed by atoms with van der Waals surface area (Å²) >= 11 is 0. The van der Waals surface area contributed by atoms with Crippen LogP contribution in [0.1, 0.15) is 84.5 Å². The number of piperidine rings is 2. The summed E-state index contributed by atoms with van der Waals surface area (Å²) in [6, 6.07) is 0.493. The smallest absolute Gasteiger partial charge is 0.170 e. The zero-order valence-corrected chi connectivity index (χ0v) is 23.8. The maximum absolute atomic E-state index is 11.7. The summed E-state index contributed by atoms with van der Waals surface area (Å²) < 4.78 is 12.0. The van der Waals surface area contributed by atoms with Gasteiger partial charge in [-0.1, -0.05) is 13.8 Å². The van der Waals surface area contributed by atoms with Crippen LogP contribution in [0.15, 0.2) is 0 Å². The van der Waals surface area contributed by atoms with Gasteiger partial charge in [0.15, 0.2) is 5.79 Å². The summed E-state index contributed by atoms with van der Waals surface area (Å²) in [5.41, 5.74) is 0.281. The Kier molecular flexibility index (Phi) is 6.75. The highest BCUT2D eigenvalue weighted by molar-refractivity contribution is 5.14. The van der Waals surface area contributed by atoms with Gasteiger partial charge >= 0.3 is 0 Å². The molecule has 0 radical (unpaired) electrons. The number of nitrogens with zero attached hydrogens (tertiary/aromatic N) is 2. The number of hydrogen-bond donors (Lipinski definition) is 3. The molecule has 38 heavy (non-hydrogen) atoms. The third-order valence-corrected chi connectivity index (χ3v) is 13.5. The van der Waals surface area contributed by atoms with Gasteiger partial charge in [-0.05, 0) is 92.3 Å². The molecule has 7 fully saturated rings. The van der Waals surface area contributed by atoms with Crippen molar-refractivity contribution in [1.82, 2.24) is 9.80 Å². The topological polar surface area (TPSA) is 85.6 Å². The maximum Gasteiger partial charge on any atom is 0.170 e. The predicted octanol–water partition coefficient (Wildman–Crippen LogP) is 3.00. The summed E-state index contributed by atoms with van der Waals surface area (Å²) in [6.45, 7) is 10.2. The van der Waals surface area contributed by atoms with Gasteiger partial charge in [0.1, 0.15) is 0 Å². The molecule has 7 nitrogen and oxygen atoms in total. The molecule has 0 aromatic carbocycles. The molecule has 7 aliphatic rings. The maximum atomic E-state index is 11.7. The summed E-state index contributed by atoms with van der Waals surface area (Å²) in [5.74, 6) is 2.22. The lowest BCUT2D eigenvalue weighted by Crippen LogP contribution is -2.61. The molecule has 3 aliphatic heterocycles. The van der Waals surface area contributed by atoms with Crippen LogP contribution in [0.5, 0.6) is 0 Å². The van der Waals surface area contributed by atoms with E-state index in [1.54, 1.807) is 0 Å². The standard InChI is InChI=1S/C31H52N2O5/c1-29-8-5-23-22(24(29)18-25(28(29)36)32-11-6-21(34)7-12-32)4-3-20-17-27(35)26(19-30(20,23)2)33-13-9-31(10-14-33)37-15-16-38-31/h20-28,34-36H,3-19H2,1-2H3/t20-,22+,23-,24-,25-,26-,27-,28-,29-,30-/m0/s1. The summed E-state index contributed by atoms with van der Waals surface area (Å²) in [7, 11) is 0. The Morgan fingerprint density at radius 3 is 2.08 bits per heavy atom. The molecule has 0 unspecified atom stereocenters. The van der Waals surface area contributed by atoms with Crippen molar-refractivity contribution >= 4 is 0 Å². The third kappa shape index (κ3) is 4.08. The minimum absolute atomic E-state index is 0.0150. The molecule has 216 valence electrons. The predicted molar refractivity (Wildman–Crippen MR) is 144 cm³/mol. The first-order valence-electron chi connectivity index (χ1n) is 16.0. The van der Waals surface area contributed by atoms with Gasteiger partial charge in [-0.2, -0.15) is 0 Å². The van der Waals surface area contributed by atoms with Crippen molar-refractivity contribution in [2.24, 2.45) is 34.5 Å². The molecule has 0 aromatic rings. The molecule has 0 aromatic heterocycles. The lowest BCUT2D eigenvalue weighted by atomic mass is 9.44. The summed E-state index contributed by atoms with van der Waals surface area (Å²) in [4.78, 5) is 5.08. The Balaban J connectivity index is 1.08. The van der Waals surface area contributed by atoms with E-state index in [9.17, 15) is 15.3 Å². The van der Waals surface area contributed by atoms with E-state index in [4.69, 9.17) is 9.47 Å². The van der Waals surface area contributed by atoms with Gasteiger partial charge < -0.3 is 24.8 Å². The van der Waals surface area contributed by atoms with E-state index < -0.39 is 0 Å². The van der Waals surface area contributed by atoms with Gasteiger partial charge in [0, 0.05) is 51.1 Å². The van der Waals surface area contributed by atoms with Crippen LogP contribution in [-0.4, -0.2) is 101 Å². The molecule has 3 N–H and O–H groups in total. The Morgan fingerprint density at radius 2 is 1.37 bits per heavy atom. The van der Waals surface area contributed by atoms with Crippen molar-refractivity contribution in [2.45, 2.75) is 121 Å².